The van der Waals surface area contributed by atoms with E-state index in [1.54, 1.807) is 6.26 Å². The van der Waals surface area contributed by atoms with Crippen LogP contribution in [0.3, 0.4) is 0 Å². The minimum absolute atomic E-state index is 0.0105. The molecule has 3 atom stereocenters. The Hall–Kier alpha value is -1.33. The summed E-state index contributed by atoms with van der Waals surface area (Å²) < 4.78 is 12.6. The number of rotatable bonds is 6. The number of aliphatic hydroxyl groups is 1. The van der Waals surface area contributed by atoms with Crippen molar-refractivity contribution in [3.63, 3.8) is 0 Å². The van der Waals surface area contributed by atoms with Crippen LogP contribution in [-0.4, -0.2) is 33.7 Å². The molecule has 3 rings (SSSR count). The summed E-state index contributed by atoms with van der Waals surface area (Å²) in [6.45, 7) is 20.7. The highest BCUT2D eigenvalue weighted by Gasteiger charge is 2.50. The van der Waals surface area contributed by atoms with Gasteiger partial charge in [0.1, 0.15) is 19.9 Å². The predicted octanol–water partition coefficient (Wildman–Crippen LogP) is 7.27. The van der Waals surface area contributed by atoms with Crippen LogP contribution in [0.25, 0.3) is 0 Å². The van der Waals surface area contributed by atoms with Crippen LogP contribution in [0.1, 0.15) is 59.1 Å². The zero-order valence-corrected chi connectivity index (χ0v) is 24.3. The van der Waals surface area contributed by atoms with Gasteiger partial charge in [0.2, 0.25) is 0 Å². The summed E-state index contributed by atoms with van der Waals surface area (Å²) in [5.74, 6) is 4.20. The molecule has 1 aromatic heterocycles. The van der Waals surface area contributed by atoms with Gasteiger partial charge < -0.3 is 13.9 Å². The van der Waals surface area contributed by atoms with E-state index in [2.05, 4.69) is 78.0 Å². The monoisotopic (exact) mass is 484 g/mol. The summed E-state index contributed by atoms with van der Waals surface area (Å²) in [4.78, 5) is 0. The number of furan rings is 1. The number of allylic oxidation sites excluding steroid dienone is 1. The normalized spacial score (nSPS) is 24.8. The fourth-order valence-corrected chi connectivity index (χ4v) is 6.75. The number of fused-ring (bicyclic) bond motifs is 1. The van der Waals surface area contributed by atoms with Gasteiger partial charge in [0.05, 0.1) is 12.4 Å². The van der Waals surface area contributed by atoms with E-state index in [4.69, 9.17) is 8.84 Å². The summed E-state index contributed by atoms with van der Waals surface area (Å²) in [6, 6.07) is 3.98. The quantitative estimate of drug-likeness (QED) is 0.341. The third kappa shape index (κ3) is 5.85. The standard InChI is InChI=1S/C28H44O3Si2/c1-27(2,3)33(8,9)31-26-15-14-24-22(13-12-21-11-10-19-30-21)23(16-18-28(24,26)4)25(29)17-20-32(5,6)7/h10-11,14,19,25-26,29H,12-13,15-16,18H2,1-9H3/t25?,26-,28-/m0/s1. The Labute approximate surface area is 203 Å². The number of hydrogen-bond donors (Lipinski definition) is 1. The molecule has 2 aliphatic carbocycles. The number of hydrogen-bond acceptors (Lipinski definition) is 3. The molecule has 3 nitrogen and oxygen atoms in total. The Bertz CT molecular complexity index is 962. The van der Waals surface area contributed by atoms with E-state index in [9.17, 15) is 5.11 Å². The molecule has 2 aliphatic rings. The zero-order valence-electron chi connectivity index (χ0n) is 22.3. The molecule has 0 aromatic carbocycles. The largest absolute Gasteiger partial charge is 0.469 e. The molecule has 1 unspecified atom stereocenters. The van der Waals surface area contributed by atoms with Crippen molar-refractivity contribution in [3.8, 4) is 11.5 Å². The minimum atomic E-state index is -1.88. The predicted molar refractivity (Wildman–Crippen MR) is 143 cm³/mol. The second kappa shape index (κ2) is 9.38. The Morgan fingerprint density at radius 2 is 1.91 bits per heavy atom. The van der Waals surface area contributed by atoms with Crippen molar-refractivity contribution < 1.29 is 13.9 Å². The summed E-state index contributed by atoms with van der Waals surface area (Å²) >= 11 is 0. The van der Waals surface area contributed by atoms with Crippen LogP contribution < -0.4 is 0 Å². The molecule has 0 radical (unpaired) electrons. The third-order valence-corrected chi connectivity index (χ3v) is 13.2. The van der Waals surface area contributed by atoms with Crippen LogP contribution in [0, 0.1) is 16.9 Å². The maximum absolute atomic E-state index is 11.1. The molecule has 33 heavy (non-hydrogen) atoms. The van der Waals surface area contributed by atoms with Gasteiger partial charge in [0, 0.05) is 11.8 Å². The molecule has 1 aromatic rings. The van der Waals surface area contributed by atoms with Crippen LogP contribution in [0.4, 0.5) is 0 Å². The molecule has 5 heteroatoms. The molecule has 0 bridgehead atoms. The lowest BCUT2D eigenvalue weighted by atomic mass is 9.67. The van der Waals surface area contributed by atoms with Crippen LogP contribution in [0.15, 0.2) is 45.6 Å². The average molecular weight is 485 g/mol. The highest BCUT2D eigenvalue weighted by atomic mass is 28.4. The second-order valence-corrected chi connectivity index (χ2v) is 22.1. The van der Waals surface area contributed by atoms with Gasteiger partial charge >= 0.3 is 0 Å². The van der Waals surface area contributed by atoms with E-state index < -0.39 is 22.5 Å². The van der Waals surface area contributed by atoms with Crippen molar-refractivity contribution in [3.05, 3.63) is 47.0 Å². The summed E-state index contributed by atoms with van der Waals surface area (Å²) in [5.41, 5.74) is 7.16. The van der Waals surface area contributed by atoms with Gasteiger partial charge in [0.15, 0.2) is 8.32 Å². The molecule has 0 amide bonds. The van der Waals surface area contributed by atoms with Crippen molar-refractivity contribution >= 4 is 16.4 Å². The van der Waals surface area contributed by atoms with Crippen LogP contribution in [-0.2, 0) is 10.8 Å². The van der Waals surface area contributed by atoms with Gasteiger partial charge in [0.25, 0.3) is 0 Å². The van der Waals surface area contributed by atoms with Gasteiger partial charge in [-0.2, -0.15) is 0 Å². The highest BCUT2D eigenvalue weighted by Crippen LogP contribution is 2.55. The maximum Gasteiger partial charge on any atom is 0.192 e. The highest BCUT2D eigenvalue weighted by molar-refractivity contribution is 6.83. The summed E-state index contributed by atoms with van der Waals surface area (Å²) in [7, 11) is -3.43. The lowest BCUT2D eigenvalue weighted by molar-refractivity contribution is 0.0785. The first-order chi connectivity index (χ1) is 15.1. The van der Waals surface area contributed by atoms with Gasteiger partial charge in [-0.05, 0) is 72.7 Å². The molecule has 1 heterocycles. The smallest absolute Gasteiger partial charge is 0.192 e. The van der Waals surface area contributed by atoms with E-state index in [1.807, 2.05) is 12.1 Å². The lowest BCUT2D eigenvalue weighted by Crippen LogP contribution is -2.48. The lowest BCUT2D eigenvalue weighted by Gasteiger charge is -2.46. The van der Waals surface area contributed by atoms with Gasteiger partial charge in [-0.15, -0.1) is 5.54 Å². The fourth-order valence-electron chi connectivity index (χ4n) is 4.76. The number of aryl methyl sites for hydroxylation is 1. The first-order valence-electron chi connectivity index (χ1n) is 12.5. The molecule has 182 valence electrons. The van der Waals surface area contributed by atoms with Crippen molar-refractivity contribution in [1.29, 1.82) is 0 Å². The Kier molecular flexibility index (Phi) is 7.47. The molecule has 1 N–H and O–H groups in total. The van der Waals surface area contributed by atoms with Crippen LogP contribution >= 0.6 is 0 Å². The van der Waals surface area contributed by atoms with Crippen molar-refractivity contribution in [2.24, 2.45) is 5.41 Å². The first-order valence-corrected chi connectivity index (χ1v) is 18.9. The van der Waals surface area contributed by atoms with E-state index in [0.29, 0.717) is 0 Å². The van der Waals surface area contributed by atoms with Crippen molar-refractivity contribution in [1.82, 2.24) is 0 Å². The van der Waals surface area contributed by atoms with Crippen LogP contribution in [0.5, 0.6) is 0 Å². The Morgan fingerprint density at radius 1 is 1.21 bits per heavy atom. The van der Waals surface area contributed by atoms with Gasteiger partial charge in [-0.1, -0.05) is 59.3 Å². The average Bonchev–Trinajstić information content (AvgIpc) is 3.31. The van der Waals surface area contributed by atoms with Gasteiger partial charge in [-0.3, -0.25) is 0 Å². The van der Waals surface area contributed by atoms with Crippen molar-refractivity contribution in [2.75, 3.05) is 0 Å². The first kappa shape index (κ1) is 26.3. The van der Waals surface area contributed by atoms with Crippen LogP contribution in [0.2, 0.25) is 37.8 Å². The molecule has 0 saturated carbocycles. The zero-order chi connectivity index (χ0) is 24.7. The van der Waals surface area contributed by atoms with E-state index in [1.165, 1.54) is 11.1 Å². The minimum Gasteiger partial charge on any atom is -0.469 e. The van der Waals surface area contributed by atoms with E-state index in [-0.39, 0.29) is 16.6 Å². The molecule has 0 fully saturated rings. The third-order valence-electron chi connectivity index (χ3n) is 7.85. The van der Waals surface area contributed by atoms with E-state index >= 15 is 0 Å². The Balaban J connectivity index is 1.94. The summed E-state index contributed by atoms with van der Waals surface area (Å²) in [6.07, 6.45) is 8.18. The van der Waals surface area contributed by atoms with E-state index in [0.717, 1.165) is 43.4 Å². The molecule has 0 spiro atoms. The van der Waals surface area contributed by atoms with Crippen molar-refractivity contribution in [2.45, 2.75) is 110 Å². The fraction of sp³-hybridized carbons (Fsp3) is 0.643. The second-order valence-electron chi connectivity index (χ2n) is 12.6. The number of aliphatic hydroxyl groups excluding tert-OH is 1. The Morgan fingerprint density at radius 3 is 2.48 bits per heavy atom. The molecular formula is C28H44O3Si2. The molecule has 0 saturated heterocycles. The summed E-state index contributed by atoms with van der Waals surface area (Å²) in [5, 5.41) is 11.3. The SMILES string of the molecule is CC(C)(C)[Si](C)(C)O[C@H]1CC=C2C(CCc3ccco3)=C(C(O)C#C[Si](C)(C)C)CC[C@@]21C. The molecule has 0 aliphatic heterocycles. The maximum atomic E-state index is 11.1. The molecular weight excluding hydrogens is 440 g/mol. The topological polar surface area (TPSA) is 42.6 Å². The van der Waals surface area contributed by atoms with Gasteiger partial charge in [-0.25, -0.2) is 0 Å².